The summed E-state index contributed by atoms with van der Waals surface area (Å²) in [5.41, 5.74) is 2.08. The maximum absolute atomic E-state index is 11.9. The number of nitrogens with zero attached hydrogens (tertiary/aromatic N) is 2. The van der Waals surface area contributed by atoms with Gasteiger partial charge in [0.15, 0.2) is 0 Å². The van der Waals surface area contributed by atoms with Crippen molar-refractivity contribution < 1.29 is 0 Å². The molecule has 96 valence electrons. The molecule has 4 nitrogen and oxygen atoms in total. The Bertz CT molecular complexity index is 601. The van der Waals surface area contributed by atoms with Crippen LogP contribution < -0.4 is 10.2 Å². The fourth-order valence-corrected chi connectivity index (χ4v) is 2.66. The zero-order valence-corrected chi connectivity index (χ0v) is 11.7. The molecule has 2 aromatic heterocycles. The molecule has 0 aliphatic rings. The summed E-state index contributed by atoms with van der Waals surface area (Å²) < 4.78 is 1.80. The topological polar surface area (TPSA) is 46.9 Å². The van der Waals surface area contributed by atoms with Gasteiger partial charge in [-0.25, -0.2) is 4.98 Å². The number of hydrogen-bond acceptors (Lipinski definition) is 4. The Kier molecular flexibility index (Phi) is 3.81. The molecule has 0 aliphatic carbocycles. The lowest BCUT2D eigenvalue weighted by atomic mass is 10.2. The van der Waals surface area contributed by atoms with Crippen molar-refractivity contribution in [3.8, 4) is 0 Å². The van der Waals surface area contributed by atoms with Crippen molar-refractivity contribution >= 4 is 17.2 Å². The highest BCUT2D eigenvalue weighted by Crippen LogP contribution is 2.16. The van der Waals surface area contributed by atoms with Crippen molar-refractivity contribution in [1.29, 1.82) is 0 Å². The Morgan fingerprint density at radius 1 is 1.44 bits per heavy atom. The maximum atomic E-state index is 11.9. The molecule has 2 aromatic rings. The van der Waals surface area contributed by atoms with E-state index >= 15 is 0 Å². The van der Waals surface area contributed by atoms with Gasteiger partial charge in [0.25, 0.3) is 0 Å². The van der Waals surface area contributed by atoms with Crippen LogP contribution in [0.3, 0.4) is 0 Å². The van der Waals surface area contributed by atoms with E-state index in [0.717, 1.165) is 28.5 Å². The number of pyridine rings is 1. The molecular weight excluding hydrogens is 246 g/mol. The molecule has 0 saturated carbocycles. The van der Waals surface area contributed by atoms with E-state index in [4.69, 9.17) is 0 Å². The zero-order chi connectivity index (χ0) is 13.1. The van der Waals surface area contributed by atoms with Crippen LogP contribution in [0.5, 0.6) is 0 Å². The molecule has 0 amide bonds. The van der Waals surface area contributed by atoms with Crippen LogP contribution in [0.4, 0.5) is 5.82 Å². The summed E-state index contributed by atoms with van der Waals surface area (Å²) in [5, 5.41) is 3.22. The first-order valence-electron chi connectivity index (χ1n) is 5.98. The molecule has 2 heterocycles. The van der Waals surface area contributed by atoms with Crippen molar-refractivity contribution in [2.24, 2.45) is 0 Å². The second-order valence-corrected chi connectivity index (χ2v) is 5.30. The number of anilines is 1. The van der Waals surface area contributed by atoms with Gasteiger partial charge in [0.05, 0.1) is 6.54 Å². The summed E-state index contributed by atoms with van der Waals surface area (Å²) in [5.74, 6) is 0.857. The third-order valence-electron chi connectivity index (χ3n) is 2.94. The predicted octanol–water partition coefficient (Wildman–Crippen LogP) is 2.40. The average molecular weight is 263 g/mol. The molecule has 0 bridgehead atoms. The minimum absolute atomic E-state index is 0.0938. The van der Waals surface area contributed by atoms with Crippen molar-refractivity contribution in [3.63, 3.8) is 0 Å². The van der Waals surface area contributed by atoms with Gasteiger partial charge in [0, 0.05) is 28.9 Å². The largest absolute Gasteiger partial charge is 0.370 e. The standard InChI is InChI=1S/C13H17N3OS/c1-4-14-12-11(6-5-7-15-12)8-16-9(2)10(3)18-13(16)17/h5-7H,4,8H2,1-3H3,(H,14,15). The highest BCUT2D eigenvalue weighted by atomic mass is 32.1. The van der Waals surface area contributed by atoms with E-state index in [1.165, 1.54) is 11.3 Å². The number of rotatable bonds is 4. The molecule has 1 N–H and O–H groups in total. The van der Waals surface area contributed by atoms with Crippen molar-refractivity contribution in [3.05, 3.63) is 44.1 Å². The molecule has 0 saturated heterocycles. The summed E-state index contributed by atoms with van der Waals surface area (Å²) in [4.78, 5) is 17.4. The van der Waals surface area contributed by atoms with Gasteiger partial charge < -0.3 is 5.32 Å². The van der Waals surface area contributed by atoms with E-state index in [1.807, 2.05) is 32.9 Å². The van der Waals surface area contributed by atoms with Crippen LogP contribution in [0.25, 0.3) is 0 Å². The molecule has 0 aromatic carbocycles. The first-order valence-corrected chi connectivity index (χ1v) is 6.79. The molecule has 5 heteroatoms. The molecule has 0 atom stereocenters. The van der Waals surface area contributed by atoms with Gasteiger partial charge in [0.2, 0.25) is 0 Å². The lowest BCUT2D eigenvalue weighted by molar-refractivity contribution is 0.749. The van der Waals surface area contributed by atoms with Gasteiger partial charge in [-0.3, -0.25) is 9.36 Å². The normalized spacial score (nSPS) is 10.6. The molecule has 0 unspecified atom stereocenters. The summed E-state index contributed by atoms with van der Waals surface area (Å²) in [6.07, 6.45) is 1.76. The van der Waals surface area contributed by atoms with Gasteiger partial charge in [-0.1, -0.05) is 17.4 Å². The summed E-state index contributed by atoms with van der Waals surface area (Å²) >= 11 is 1.30. The van der Waals surface area contributed by atoms with Crippen molar-refractivity contribution in [2.45, 2.75) is 27.3 Å². The van der Waals surface area contributed by atoms with Gasteiger partial charge >= 0.3 is 4.87 Å². The van der Waals surface area contributed by atoms with Crippen molar-refractivity contribution in [1.82, 2.24) is 9.55 Å². The van der Waals surface area contributed by atoms with Crippen LogP contribution in [0.15, 0.2) is 23.1 Å². The van der Waals surface area contributed by atoms with E-state index in [-0.39, 0.29) is 4.87 Å². The molecule has 0 aliphatic heterocycles. The smallest absolute Gasteiger partial charge is 0.307 e. The lowest BCUT2D eigenvalue weighted by Crippen LogP contribution is -2.17. The average Bonchev–Trinajstić information content (AvgIpc) is 2.59. The second-order valence-electron chi connectivity index (χ2n) is 4.14. The Morgan fingerprint density at radius 3 is 2.83 bits per heavy atom. The molecular formula is C13H17N3OS. The van der Waals surface area contributed by atoms with Crippen LogP contribution >= 0.6 is 11.3 Å². The maximum Gasteiger partial charge on any atom is 0.307 e. The Balaban J connectivity index is 2.37. The molecule has 0 fully saturated rings. The van der Waals surface area contributed by atoms with E-state index < -0.39 is 0 Å². The third kappa shape index (κ3) is 2.46. The molecule has 2 rings (SSSR count). The highest BCUT2D eigenvalue weighted by molar-refractivity contribution is 7.09. The van der Waals surface area contributed by atoms with Crippen molar-refractivity contribution in [2.75, 3.05) is 11.9 Å². The van der Waals surface area contributed by atoms with Gasteiger partial charge in [-0.05, 0) is 26.8 Å². The summed E-state index contributed by atoms with van der Waals surface area (Å²) in [6, 6.07) is 3.90. The SMILES string of the molecule is CCNc1ncccc1Cn1c(C)c(C)sc1=O. The molecule has 18 heavy (non-hydrogen) atoms. The highest BCUT2D eigenvalue weighted by Gasteiger charge is 2.10. The first-order chi connectivity index (χ1) is 8.63. The molecule has 0 radical (unpaired) electrons. The van der Waals surface area contributed by atoms with E-state index in [9.17, 15) is 4.79 Å². The van der Waals surface area contributed by atoms with Gasteiger partial charge in [-0.15, -0.1) is 0 Å². The zero-order valence-electron chi connectivity index (χ0n) is 10.9. The van der Waals surface area contributed by atoms with Gasteiger partial charge in [0.1, 0.15) is 5.82 Å². The Labute approximate surface area is 110 Å². The van der Waals surface area contributed by atoms with Crippen LogP contribution in [0, 0.1) is 13.8 Å². The number of aromatic nitrogens is 2. The fourth-order valence-electron chi connectivity index (χ4n) is 1.83. The van der Waals surface area contributed by atoms with Crippen LogP contribution in [0.2, 0.25) is 0 Å². The minimum atomic E-state index is 0.0938. The monoisotopic (exact) mass is 263 g/mol. The van der Waals surface area contributed by atoms with Crippen LogP contribution in [-0.4, -0.2) is 16.1 Å². The molecule has 0 spiro atoms. The number of nitrogens with one attached hydrogen (secondary N) is 1. The third-order valence-corrected chi connectivity index (χ3v) is 3.94. The van der Waals surface area contributed by atoms with Crippen LogP contribution in [-0.2, 0) is 6.54 Å². The number of aryl methyl sites for hydroxylation is 1. The Morgan fingerprint density at radius 2 is 2.22 bits per heavy atom. The van der Waals surface area contributed by atoms with E-state index in [2.05, 4.69) is 10.3 Å². The number of hydrogen-bond donors (Lipinski definition) is 1. The van der Waals surface area contributed by atoms with E-state index in [0.29, 0.717) is 6.54 Å². The minimum Gasteiger partial charge on any atom is -0.370 e. The lowest BCUT2D eigenvalue weighted by Gasteiger charge is -2.10. The summed E-state index contributed by atoms with van der Waals surface area (Å²) in [6.45, 7) is 7.39. The first kappa shape index (κ1) is 12.8. The number of thiazole rings is 1. The van der Waals surface area contributed by atoms with Gasteiger partial charge in [-0.2, -0.15) is 0 Å². The van der Waals surface area contributed by atoms with Crippen LogP contribution in [0.1, 0.15) is 23.1 Å². The quantitative estimate of drug-likeness (QED) is 0.921. The fraction of sp³-hybridized carbons (Fsp3) is 0.385. The summed E-state index contributed by atoms with van der Waals surface area (Å²) in [7, 11) is 0. The predicted molar refractivity (Wildman–Crippen MR) is 75.6 cm³/mol. The van der Waals surface area contributed by atoms with E-state index in [1.54, 1.807) is 10.8 Å². The second kappa shape index (κ2) is 5.35. The Hall–Kier alpha value is -1.62.